The fraction of sp³-hybridized carbons (Fsp3) is 0.727. The molecular formula is C11H17NO4. The summed E-state index contributed by atoms with van der Waals surface area (Å²) in [5.41, 5.74) is -0.618. The Balaban J connectivity index is 2.11. The third kappa shape index (κ3) is 1.28. The smallest absolute Gasteiger partial charge is 0.343 e. The van der Waals surface area contributed by atoms with Gasteiger partial charge < -0.3 is 9.84 Å². The van der Waals surface area contributed by atoms with Crippen molar-refractivity contribution in [2.45, 2.75) is 31.9 Å². The highest BCUT2D eigenvalue weighted by atomic mass is 16.7. The van der Waals surface area contributed by atoms with Crippen molar-refractivity contribution >= 4 is 5.97 Å². The van der Waals surface area contributed by atoms with Crippen LogP contribution in [0.4, 0.5) is 0 Å². The van der Waals surface area contributed by atoms with Crippen molar-refractivity contribution < 1.29 is 19.5 Å². The zero-order valence-electron chi connectivity index (χ0n) is 9.82. The molecule has 0 saturated carbocycles. The number of carboxylic acids is 1. The number of hydroxylamine groups is 2. The highest BCUT2D eigenvalue weighted by molar-refractivity contribution is 5.78. The molecule has 5 nitrogen and oxygen atoms in total. The van der Waals surface area contributed by atoms with E-state index in [2.05, 4.69) is 6.58 Å². The predicted octanol–water partition coefficient (Wildman–Crippen LogP) is 1.02. The van der Waals surface area contributed by atoms with Gasteiger partial charge in [-0.05, 0) is 13.8 Å². The van der Waals surface area contributed by atoms with Crippen molar-refractivity contribution in [3.8, 4) is 0 Å². The summed E-state index contributed by atoms with van der Waals surface area (Å²) in [5, 5.41) is 10.7. The maximum atomic E-state index is 11.1. The van der Waals surface area contributed by atoms with Crippen LogP contribution >= 0.6 is 0 Å². The van der Waals surface area contributed by atoms with Gasteiger partial charge in [0.15, 0.2) is 0 Å². The van der Waals surface area contributed by atoms with Crippen molar-refractivity contribution in [3.05, 3.63) is 12.3 Å². The average Bonchev–Trinajstić information content (AvgIpc) is 2.14. The molecule has 0 aromatic heterocycles. The molecule has 2 fully saturated rings. The van der Waals surface area contributed by atoms with E-state index in [0.717, 1.165) is 5.70 Å². The topological polar surface area (TPSA) is 59.0 Å². The van der Waals surface area contributed by atoms with Crippen LogP contribution in [0.1, 0.15) is 20.8 Å². The lowest BCUT2D eigenvalue weighted by Gasteiger charge is -2.58. The van der Waals surface area contributed by atoms with E-state index in [9.17, 15) is 4.79 Å². The molecule has 0 aliphatic carbocycles. The second-order valence-corrected chi connectivity index (χ2v) is 5.04. The minimum absolute atomic E-state index is 0.0938. The molecule has 0 radical (unpaired) electrons. The predicted molar refractivity (Wildman–Crippen MR) is 56.5 cm³/mol. The fourth-order valence-electron chi connectivity index (χ4n) is 1.92. The minimum Gasteiger partial charge on any atom is -0.479 e. The molecule has 1 unspecified atom stereocenters. The van der Waals surface area contributed by atoms with Gasteiger partial charge in [-0.1, -0.05) is 13.5 Å². The monoisotopic (exact) mass is 227 g/mol. The summed E-state index contributed by atoms with van der Waals surface area (Å²) < 4.78 is 4.94. The van der Waals surface area contributed by atoms with E-state index in [1.165, 1.54) is 0 Å². The summed E-state index contributed by atoms with van der Waals surface area (Å²) in [5.74, 6) is -0.693. The third-order valence-electron chi connectivity index (χ3n) is 3.67. The standard InChI is InChI=1S/C11H17NO4/c1-7-8(2)12(10(7,3)4)16-11(9(13)14)5-15-6-11/h7H,2,5-6H2,1,3-4H3,(H,13,14). The van der Waals surface area contributed by atoms with Crippen molar-refractivity contribution in [1.29, 1.82) is 0 Å². The zero-order chi connectivity index (χ0) is 12.1. The Hall–Kier alpha value is -1.07. The van der Waals surface area contributed by atoms with Crippen LogP contribution in [0.3, 0.4) is 0 Å². The van der Waals surface area contributed by atoms with Gasteiger partial charge >= 0.3 is 5.97 Å². The fourth-order valence-corrected chi connectivity index (χ4v) is 1.92. The molecule has 16 heavy (non-hydrogen) atoms. The number of carbonyl (C=O) groups is 1. The SMILES string of the molecule is C=C1C(C)C(C)(C)N1OC1(C(=O)O)COC1. The van der Waals surface area contributed by atoms with Gasteiger partial charge in [0.05, 0.1) is 18.8 Å². The van der Waals surface area contributed by atoms with Crippen molar-refractivity contribution in [3.63, 3.8) is 0 Å². The molecule has 2 saturated heterocycles. The van der Waals surface area contributed by atoms with Crippen molar-refractivity contribution in [2.75, 3.05) is 13.2 Å². The summed E-state index contributed by atoms with van der Waals surface area (Å²) in [6.07, 6.45) is 0. The van der Waals surface area contributed by atoms with Gasteiger partial charge in [0, 0.05) is 11.6 Å². The first kappa shape index (κ1) is 11.4. The molecule has 90 valence electrons. The first-order valence-electron chi connectivity index (χ1n) is 5.30. The van der Waals surface area contributed by atoms with E-state index in [1.807, 2.05) is 20.8 Å². The molecule has 0 aromatic rings. The Labute approximate surface area is 94.6 Å². The Bertz CT molecular complexity index is 346. The Morgan fingerprint density at radius 2 is 2.19 bits per heavy atom. The lowest BCUT2D eigenvalue weighted by molar-refractivity contribution is -0.351. The van der Waals surface area contributed by atoms with Crippen LogP contribution in [0.2, 0.25) is 0 Å². The number of rotatable bonds is 3. The summed E-state index contributed by atoms with van der Waals surface area (Å²) >= 11 is 0. The zero-order valence-corrected chi connectivity index (χ0v) is 9.82. The van der Waals surface area contributed by atoms with Crippen LogP contribution < -0.4 is 0 Å². The number of carboxylic acid groups (broad SMARTS) is 1. The Morgan fingerprint density at radius 1 is 1.62 bits per heavy atom. The molecular weight excluding hydrogens is 210 g/mol. The van der Waals surface area contributed by atoms with Gasteiger partial charge in [-0.25, -0.2) is 9.63 Å². The van der Waals surface area contributed by atoms with E-state index in [4.69, 9.17) is 14.7 Å². The molecule has 2 aliphatic heterocycles. The lowest BCUT2D eigenvalue weighted by Crippen LogP contribution is -2.68. The van der Waals surface area contributed by atoms with Crippen LogP contribution in [0, 0.1) is 5.92 Å². The molecule has 1 atom stereocenters. The van der Waals surface area contributed by atoms with Crippen LogP contribution in [-0.2, 0) is 14.4 Å². The van der Waals surface area contributed by atoms with E-state index in [0.29, 0.717) is 5.92 Å². The Kier molecular flexibility index (Phi) is 2.29. The van der Waals surface area contributed by atoms with Gasteiger partial charge in [-0.3, -0.25) is 5.06 Å². The van der Waals surface area contributed by atoms with Crippen LogP contribution in [0.15, 0.2) is 12.3 Å². The van der Waals surface area contributed by atoms with Crippen LogP contribution in [0.5, 0.6) is 0 Å². The summed E-state index contributed by atoms with van der Waals surface area (Å²) in [7, 11) is 0. The van der Waals surface area contributed by atoms with Crippen molar-refractivity contribution in [1.82, 2.24) is 5.06 Å². The molecule has 5 heteroatoms. The lowest BCUT2D eigenvalue weighted by atomic mass is 9.77. The van der Waals surface area contributed by atoms with Crippen LogP contribution in [0.25, 0.3) is 0 Å². The molecule has 0 bridgehead atoms. The highest BCUT2D eigenvalue weighted by Gasteiger charge is 2.56. The van der Waals surface area contributed by atoms with E-state index >= 15 is 0 Å². The second kappa shape index (κ2) is 3.21. The maximum absolute atomic E-state index is 11.1. The first-order chi connectivity index (χ1) is 7.31. The van der Waals surface area contributed by atoms with Crippen LogP contribution in [-0.4, -0.2) is 40.5 Å². The van der Waals surface area contributed by atoms with E-state index < -0.39 is 11.6 Å². The molecule has 2 aliphatic rings. The molecule has 2 rings (SSSR count). The summed E-state index contributed by atoms with van der Waals surface area (Å²) in [6, 6.07) is 0. The van der Waals surface area contributed by atoms with Gasteiger partial charge in [0.2, 0.25) is 5.60 Å². The minimum atomic E-state index is -1.22. The highest BCUT2D eigenvalue weighted by Crippen LogP contribution is 2.46. The number of hydrogen-bond acceptors (Lipinski definition) is 4. The van der Waals surface area contributed by atoms with E-state index in [1.54, 1.807) is 5.06 Å². The average molecular weight is 227 g/mol. The molecule has 0 amide bonds. The normalized spacial score (nSPS) is 30.6. The van der Waals surface area contributed by atoms with Gasteiger partial charge in [-0.2, -0.15) is 0 Å². The number of ether oxygens (including phenoxy) is 1. The molecule has 0 spiro atoms. The second-order valence-electron chi connectivity index (χ2n) is 5.04. The van der Waals surface area contributed by atoms with Gasteiger partial charge in [0.25, 0.3) is 0 Å². The molecule has 2 heterocycles. The maximum Gasteiger partial charge on any atom is 0.343 e. The number of nitrogens with zero attached hydrogens (tertiary/aromatic N) is 1. The van der Waals surface area contributed by atoms with E-state index in [-0.39, 0.29) is 18.8 Å². The van der Waals surface area contributed by atoms with Gasteiger partial charge in [-0.15, -0.1) is 0 Å². The third-order valence-corrected chi connectivity index (χ3v) is 3.67. The molecule has 0 aromatic carbocycles. The molecule has 1 N–H and O–H groups in total. The first-order valence-corrected chi connectivity index (χ1v) is 5.30. The number of aliphatic carboxylic acids is 1. The largest absolute Gasteiger partial charge is 0.479 e. The van der Waals surface area contributed by atoms with Gasteiger partial charge in [0.1, 0.15) is 0 Å². The summed E-state index contributed by atoms with van der Waals surface area (Å²) in [4.78, 5) is 16.7. The summed E-state index contributed by atoms with van der Waals surface area (Å²) in [6.45, 7) is 10.1. The Morgan fingerprint density at radius 3 is 2.50 bits per heavy atom. The number of hydrogen-bond donors (Lipinski definition) is 1. The van der Waals surface area contributed by atoms with Crippen molar-refractivity contribution in [2.24, 2.45) is 5.92 Å². The quantitative estimate of drug-likeness (QED) is 0.780.